The number of aryl methyl sites for hydroxylation is 1. The summed E-state index contributed by atoms with van der Waals surface area (Å²) >= 11 is 0. The van der Waals surface area contributed by atoms with Gasteiger partial charge in [0.2, 0.25) is 5.91 Å². The first-order valence-electron chi connectivity index (χ1n) is 11.0. The van der Waals surface area contributed by atoms with Crippen LogP contribution < -0.4 is 10.1 Å². The lowest BCUT2D eigenvalue weighted by atomic mass is 9.97. The predicted octanol–water partition coefficient (Wildman–Crippen LogP) is 4.09. The van der Waals surface area contributed by atoms with Crippen molar-refractivity contribution in [3.63, 3.8) is 0 Å². The highest BCUT2D eigenvalue weighted by atomic mass is 19.4. The summed E-state index contributed by atoms with van der Waals surface area (Å²) in [7, 11) is 1.35. The zero-order valence-electron chi connectivity index (χ0n) is 19.2. The number of alkyl halides is 3. The van der Waals surface area contributed by atoms with Crippen molar-refractivity contribution in [2.75, 3.05) is 25.5 Å². The molecule has 0 bridgehead atoms. The Kier molecular flexibility index (Phi) is 6.77. The van der Waals surface area contributed by atoms with E-state index in [0.29, 0.717) is 25.2 Å². The number of amides is 2. The van der Waals surface area contributed by atoms with Gasteiger partial charge in [0.1, 0.15) is 5.82 Å². The number of ether oxygens (including phenoxy) is 1. The number of aromatic nitrogens is 3. The summed E-state index contributed by atoms with van der Waals surface area (Å²) in [6, 6.07) is 8.18. The van der Waals surface area contributed by atoms with Crippen molar-refractivity contribution in [1.82, 2.24) is 19.7 Å². The summed E-state index contributed by atoms with van der Waals surface area (Å²) in [6.07, 6.45) is -0.276. The predicted molar refractivity (Wildman–Crippen MR) is 121 cm³/mol. The lowest BCUT2D eigenvalue weighted by Gasteiger charge is -2.31. The number of hydrogen-bond acceptors (Lipinski definition) is 5. The highest BCUT2D eigenvalue weighted by Crippen LogP contribution is 2.31. The summed E-state index contributed by atoms with van der Waals surface area (Å²) in [5.74, 6) is -0.570. The summed E-state index contributed by atoms with van der Waals surface area (Å²) in [5, 5.41) is 7.00. The number of hydrogen-bond donors (Lipinski definition) is 1. The van der Waals surface area contributed by atoms with Gasteiger partial charge in [-0.25, -0.2) is 9.67 Å². The van der Waals surface area contributed by atoms with Gasteiger partial charge in [0.05, 0.1) is 30.5 Å². The van der Waals surface area contributed by atoms with Crippen molar-refractivity contribution in [1.29, 1.82) is 0 Å². The molecule has 1 aliphatic heterocycles. The molecule has 35 heavy (non-hydrogen) atoms. The van der Waals surface area contributed by atoms with Gasteiger partial charge in [0.15, 0.2) is 11.4 Å². The number of carbonyl (C=O) groups is 2. The molecular formula is C24H24F3N5O3. The first-order chi connectivity index (χ1) is 16.7. The van der Waals surface area contributed by atoms with Gasteiger partial charge in [-0.2, -0.15) is 18.3 Å². The Morgan fingerprint density at radius 2 is 2.00 bits per heavy atom. The Hall–Kier alpha value is -3.89. The van der Waals surface area contributed by atoms with Crippen LogP contribution in [0.1, 0.15) is 34.5 Å². The minimum Gasteiger partial charge on any atom is -0.493 e. The van der Waals surface area contributed by atoms with Crippen LogP contribution in [-0.4, -0.2) is 51.7 Å². The van der Waals surface area contributed by atoms with E-state index in [2.05, 4.69) is 15.4 Å². The van der Waals surface area contributed by atoms with Crippen molar-refractivity contribution >= 4 is 17.6 Å². The minimum absolute atomic E-state index is 0.0360. The van der Waals surface area contributed by atoms with Gasteiger partial charge in [0, 0.05) is 19.3 Å². The van der Waals surface area contributed by atoms with E-state index in [-0.39, 0.29) is 29.6 Å². The van der Waals surface area contributed by atoms with Crippen LogP contribution in [-0.2, 0) is 11.0 Å². The van der Waals surface area contributed by atoms with E-state index in [4.69, 9.17) is 4.74 Å². The Morgan fingerprint density at radius 1 is 1.20 bits per heavy atom. The quantitative estimate of drug-likeness (QED) is 0.586. The summed E-state index contributed by atoms with van der Waals surface area (Å²) in [6.45, 7) is 2.49. The van der Waals surface area contributed by atoms with Crippen LogP contribution in [0.25, 0.3) is 5.69 Å². The molecule has 2 aromatic heterocycles. The van der Waals surface area contributed by atoms with E-state index in [1.807, 2.05) is 13.0 Å². The van der Waals surface area contributed by atoms with Gasteiger partial charge in [0.25, 0.3) is 5.91 Å². The monoisotopic (exact) mass is 487 g/mol. The third-order valence-corrected chi connectivity index (χ3v) is 5.78. The average molecular weight is 487 g/mol. The second-order valence-corrected chi connectivity index (χ2v) is 8.34. The molecule has 0 radical (unpaired) electrons. The highest BCUT2D eigenvalue weighted by Gasteiger charge is 2.33. The second-order valence-electron chi connectivity index (χ2n) is 8.34. The fourth-order valence-corrected chi connectivity index (χ4v) is 3.91. The van der Waals surface area contributed by atoms with Crippen molar-refractivity contribution in [2.24, 2.45) is 5.92 Å². The third-order valence-electron chi connectivity index (χ3n) is 5.78. The van der Waals surface area contributed by atoms with Gasteiger partial charge in [-0.15, -0.1) is 0 Å². The molecule has 1 unspecified atom stereocenters. The van der Waals surface area contributed by atoms with Crippen molar-refractivity contribution in [2.45, 2.75) is 25.9 Å². The zero-order chi connectivity index (χ0) is 25.2. The smallest absolute Gasteiger partial charge is 0.416 e. The highest BCUT2D eigenvalue weighted by molar-refractivity contribution is 5.96. The van der Waals surface area contributed by atoms with Gasteiger partial charge < -0.3 is 15.0 Å². The van der Waals surface area contributed by atoms with E-state index in [1.165, 1.54) is 35.0 Å². The maximum Gasteiger partial charge on any atom is 0.416 e. The number of pyridine rings is 1. The summed E-state index contributed by atoms with van der Waals surface area (Å²) in [5.41, 5.74) is 0.242. The molecular weight excluding hydrogens is 463 g/mol. The molecule has 0 aliphatic carbocycles. The molecule has 1 aliphatic rings. The SMILES string of the molecule is COc1cn(-c2cccc(C(F)(F)F)c2)nc1C(=O)N1CCCC(C(=O)Nc2ccc(C)cn2)C1. The van der Waals surface area contributed by atoms with Crippen LogP contribution in [0.4, 0.5) is 19.0 Å². The molecule has 11 heteroatoms. The van der Waals surface area contributed by atoms with E-state index >= 15 is 0 Å². The fraction of sp³-hybridized carbons (Fsp3) is 0.333. The molecule has 1 fully saturated rings. The maximum atomic E-state index is 13.3. The second kappa shape index (κ2) is 9.77. The van der Waals surface area contributed by atoms with Gasteiger partial charge in [-0.3, -0.25) is 9.59 Å². The van der Waals surface area contributed by atoms with Crippen molar-refractivity contribution in [3.8, 4) is 11.4 Å². The molecule has 0 saturated carbocycles. The Labute approximate surface area is 199 Å². The molecule has 1 atom stereocenters. The zero-order valence-corrected chi connectivity index (χ0v) is 19.2. The largest absolute Gasteiger partial charge is 0.493 e. The number of carbonyl (C=O) groups excluding carboxylic acids is 2. The van der Waals surface area contributed by atoms with Crippen LogP contribution in [0.3, 0.4) is 0 Å². The van der Waals surface area contributed by atoms with E-state index in [9.17, 15) is 22.8 Å². The van der Waals surface area contributed by atoms with Crippen LogP contribution >= 0.6 is 0 Å². The van der Waals surface area contributed by atoms with E-state index < -0.39 is 23.6 Å². The number of anilines is 1. The molecule has 1 N–H and O–H groups in total. The minimum atomic E-state index is -4.51. The van der Waals surface area contributed by atoms with Gasteiger partial charge >= 0.3 is 6.18 Å². The number of piperidine rings is 1. The molecule has 0 spiro atoms. The van der Waals surface area contributed by atoms with Gasteiger partial charge in [-0.1, -0.05) is 12.1 Å². The Bertz CT molecular complexity index is 1220. The van der Waals surface area contributed by atoms with Crippen LogP contribution in [0.15, 0.2) is 48.8 Å². The molecule has 3 heterocycles. The molecule has 8 nitrogen and oxygen atoms in total. The van der Waals surface area contributed by atoms with Crippen LogP contribution in [0.2, 0.25) is 0 Å². The van der Waals surface area contributed by atoms with E-state index in [1.54, 1.807) is 12.3 Å². The third kappa shape index (κ3) is 5.44. The summed E-state index contributed by atoms with van der Waals surface area (Å²) < 4.78 is 45.8. The first-order valence-corrected chi connectivity index (χ1v) is 11.0. The maximum absolute atomic E-state index is 13.3. The van der Waals surface area contributed by atoms with E-state index in [0.717, 1.165) is 17.7 Å². The number of benzene rings is 1. The molecule has 1 saturated heterocycles. The fourth-order valence-electron chi connectivity index (χ4n) is 3.91. The Morgan fingerprint density at radius 3 is 2.69 bits per heavy atom. The molecule has 3 aromatic rings. The summed E-state index contributed by atoms with van der Waals surface area (Å²) in [4.78, 5) is 31.7. The first kappa shape index (κ1) is 24.2. The number of nitrogens with one attached hydrogen (secondary N) is 1. The number of methoxy groups -OCH3 is 1. The van der Waals surface area contributed by atoms with Crippen LogP contribution in [0, 0.1) is 12.8 Å². The van der Waals surface area contributed by atoms with Gasteiger partial charge in [-0.05, 0) is 49.6 Å². The number of halogens is 3. The number of likely N-dealkylation sites (tertiary alicyclic amines) is 1. The van der Waals surface area contributed by atoms with Crippen molar-refractivity contribution in [3.05, 3.63) is 65.6 Å². The number of nitrogens with zero attached hydrogens (tertiary/aromatic N) is 4. The number of rotatable bonds is 5. The standard InChI is InChI=1S/C24H24F3N5O3/c1-15-8-9-20(28-12-15)29-22(33)16-5-4-10-31(13-16)23(34)21-19(35-2)14-32(30-21)18-7-3-6-17(11-18)24(25,26)27/h3,6-9,11-12,14,16H,4-5,10,13H2,1-2H3,(H,28,29,33). The Balaban J connectivity index is 1.51. The molecule has 184 valence electrons. The van der Waals surface area contributed by atoms with Crippen molar-refractivity contribution < 1.29 is 27.5 Å². The topological polar surface area (TPSA) is 89.4 Å². The normalized spacial score (nSPS) is 16.1. The molecule has 2 amide bonds. The lowest BCUT2D eigenvalue weighted by Crippen LogP contribution is -2.44. The lowest BCUT2D eigenvalue weighted by molar-refractivity contribution is -0.137. The average Bonchev–Trinajstić information content (AvgIpc) is 3.29. The molecule has 1 aromatic carbocycles. The van der Waals surface area contributed by atoms with Crippen LogP contribution in [0.5, 0.6) is 5.75 Å². The molecule has 4 rings (SSSR count).